The molecule has 2 aromatic carbocycles. The molecule has 0 aliphatic carbocycles. The van der Waals surface area contributed by atoms with Crippen molar-refractivity contribution >= 4 is 46.6 Å². The van der Waals surface area contributed by atoms with Crippen LogP contribution in [0.4, 0.5) is 5.69 Å². The summed E-state index contributed by atoms with van der Waals surface area (Å²) in [5.74, 6) is 0.177. The minimum Gasteiger partial charge on any atom is -0.411 e. The number of hydrogen-bond acceptors (Lipinski definition) is 5. The molecule has 8 heteroatoms. The Morgan fingerprint density at radius 2 is 1.92 bits per heavy atom. The standard InChI is InChI=1S/C18H15Cl2N3O2S/c1-10-6-7-14(20)9-15(10)21-16(24)11(2)26-18-23-22-17(25-18)12-4-3-5-13(19)8-12/h3-9,11H,1-2H3,(H,21,24)/t11-/m0/s1. The fourth-order valence-corrected chi connectivity index (χ4v) is 3.21. The first-order valence-corrected chi connectivity index (χ1v) is 9.39. The molecule has 3 rings (SSSR count). The molecular formula is C18H15Cl2N3O2S. The van der Waals surface area contributed by atoms with Gasteiger partial charge in [0.1, 0.15) is 0 Å². The lowest BCUT2D eigenvalue weighted by Gasteiger charge is -2.12. The number of carbonyl (C=O) groups excluding carboxylic acids is 1. The number of nitrogens with one attached hydrogen (secondary N) is 1. The zero-order chi connectivity index (χ0) is 18.7. The van der Waals surface area contributed by atoms with E-state index < -0.39 is 5.25 Å². The molecule has 1 amide bonds. The number of anilines is 1. The van der Waals surface area contributed by atoms with Crippen LogP contribution in [0, 0.1) is 6.92 Å². The van der Waals surface area contributed by atoms with Crippen LogP contribution in [0.3, 0.4) is 0 Å². The van der Waals surface area contributed by atoms with Gasteiger partial charge in [0.15, 0.2) is 0 Å². The molecule has 5 nitrogen and oxygen atoms in total. The van der Waals surface area contributed by atoms with Gasteiger partial charge in [-0.3, -0.25) is 4.79 Å². The van der Waals surface area contributed by atoms with E-state index in [1.54, 1.807) is 37.3 Å². The van der Waals surface area contributed by atoms with Crippen LogP contribution in [-0.2, 0) is 4.79 Å². The van der Waals surface area contributed by atoms with E-state index in [4.69, 9.17) is 27.6 Å². The van der Waals surface area contributed by atoms with E-state index in [2.05, 4.69) is 15.5 Å². The lowest BCUT2D eigenvalue weighted by atomic mass is 10.2. The molecule has 0 aliphatic heterocycles. The molecule has 0 aliphatic rings. The quantitative estimate of drug-likeness (QED) is 0.567. The van der Waals surface area contributed by atoms with Crippen molar-refractivity contribution < 1.29 is 9.21 Å². The third-order valence-corrected chi connectivity index (χ3v) is 4.99. The molecule has 0 bridgehead atoms. The van der Waals surface area contributed by atoms with Crippen molar-refractivity contribution in [2.45, 2.75) is 24.3 Å². The lowest BCUT2D eigenvalue weighted by Crippen LogP contribution is -2.22. The molecule has 0 spiro atoms. The van der Waals surface area contributed by atoms with Gasteiger partial charge in [-0.15, -0.1) is 10.2 Å². The zero-order valence-corrected chi connectivity index (χ0v) is 16.3. The molecule has 3 aromatic rings. The number of hydrogen-bond donors (Lipinski definition) is 1. The molecule has 134 valence electrons. The van der Waals surface area contributed by atoms with Gasteiger partial charge < -0.3 is 9.73 Å². The van der Waals surface area contributed by atoms with Gasteiger partial charge in [-0.25, -0.2) is 0 Å². The highest BCUT2D eigenvalue weighted by Crippen LogP contribution is 2.28. The van der Waals surface area contributed by atoms with Gasteiger partial charge in [-0.1, -0.05) is 47.1 Å². The number of aromatic nitrogens is 2. The fourth-order valence-electron chi connectivity index (χ4n) is 2.16. The van der Waals surface area contributed by atoms with Gasteiger partial charge in [0.25, 0.3) is 5.22 Å². The first kappa shape index (κ1) is 18.8. The van der Waals surface area contributed by atoms with Gasteiger partial charge in [-0.05, 0) is 49.7 Å². The van der Waals surface area contributed by atoms with Crippen LogP contribution in [0.1, 0.15) is 12.5 Å². The third kappa shape index (κ3) is 4.58. The van der Waals surface area contributed by atoms with Crippen LogP contribution >= 0.6 is 35.0 Å². The molecule has 0 fully saturated rings. The lowest BCUT2D eigenvalue weighted by molar-refractivity contribution is -0.115. The SMILES string of the molecule is Cc1ccc(Cl)cc1NC(=O)[C@H](C)Sc1nnc(-c2cccc(Cl)c2)o1. The van der Waals surface area contributed by atoms with Crippen molar-refractivity contribution in [2.24, 2.45) is 0 Å². The fraction of sp³-hybridized carbons (Fsp3) is 0.167. The molecule has 0 saturated carbocycles. The molecule has 1 N–H and O–H groups in total. The maximum absolute atomic E-state index is 12.4. The van der Waals surface area contributed by atoms with E-state index >= 15 is 0 Å². The Kier molecular flexibility index (Phi) is 5.86. The number of carbonyl (C=O) groups is 1. The van der Waals surface area contributed by atoms with E-state index in [0.29, 0.717) is 26.8 Å². The van der Waals surface area contributed by atoms with Crippen LogP contribution in [0.25, 0.3) is 11.5 Å². The first-order chi connectivity index (χ1) is 12.4. The van der Waals surface area contributed by atoms with Crippen molar-refractivity contribution in [3.05, 3.63) is 58.1 Å². The molecule has 0 radical (unpaired) electrons. The number of benzene rings is 2. The average Bonchev–Trinajstić information content (AvgIpc) is 3.06. The highest BCUT2D eigenvalue weighted by Gasteiger charge is 2.19. The Hall–Kier alpha value is -2.02. The van der Waals surface area contributed by atoms with Gasteiger partial charge in [-0.2, -0.15) is 0 Å². The van der Waals surface area contributed by atoms with Gasteiger partial charge in [0, 0.05) is 21.3 Å². The highest BCUT2D eigenvalue weighted by molar-refractivity contribution is 8.00. The van der Waals surface area contributed by atoms with Crippen LogP contribution in [-0.4, -0.2) is 21.4 Å². The third-order valence-electron chi connectivity index (χ3n) is 3.58. The number of amides is 1. The summed E-state index contributed by atoms with van der Waals surface area (Å²) < 4.78 is 5.62. The van der Waals surface area contributed by atoms with Crippen LogP contribution < -0.4 is 5.32 Å². The van der Waals surface area contributed by atoms with Crippen molar-refractivity contribution in [1.82, 2.24) is 10.2 Å². The van der Waals surface area contributed by atoms with Gasteiger partial charge in [0.05, 0.1) is 5.25 Å². The summed E-state index contributed by atoms with van der Waals surface area (Å²) in [7, 11) is 0. The summed E-state index contributed by atoms with van der Waals surface area (Å²) in [5, 5.41) is 11.9. The molecule has 1 heterocycles. The highest BCUT2D eigenvalue weighted by atomic mass is 35.5. The Morgan fingerprint density at radius 3 is 2.69 bits per heavy atom. The van der Waals surface area contributed by atoms with E-state index in [9.17, 15) is 4.79 Å². The van der Waals surface area contributed by atoms with E-state index in [1.807, 2.05) is 19.1 Å². The summed E-state index contributed by atoms with van der Waals surface area (Å²) >= 11 is 13.1. The normalized spacial score (nSPS) is 12.0. The zero-order valence-electron chi connectivity index (χ0n) is 14.0. The summed E-state index contributed by atoms with van der Waals surface area (Å²) in [6.07, 6.45) is 0. The van der Waals surface area contributed by atoms with E-state index in [1.165, 1.54) is 11.8 Å². The number of aryl methyl sites for hydroxylation is 1. The van der Waals surface area contributed by atoms with Gasteiger partial charge >= 0.3 is 0 Å². The molecule has 0 saturated heterocycles. The average molecular weight is 408 g/mol. The minimum atomic E-state index is -0.430. The summed E-state index contributed by atoms with van der Waals surface area (Å²) in [4.78, 5) is 12.4. The predicted octanol–water partition coefficient (Wildman–Crippen LogP) is 5.47. The smallest absolute Gasteiger partial charge is 0.277 e. The van der Waals surface area contributed by atoms with Crippen LogP contribution in [0.15, 0.2) is 52.1 Å². The van der Waals surface area contributed by atoms with Crippen LogP contribution in [0.2, 0.25) is 10.0 Å². The van der Waals surface area contributed by atoms with Crippen molar-refractivity contribution in [3.8, 4) is 11.5 Å². The first-order valence-electron chi connectivity index (χ1n) is 7.75. The Balaban J connectivity index is 1.67. The van der Waals surface area contributed by atoms with Crippen molar-refractivity contribution in [1.29, 1.82) is 0 Å². The van der Waals surface area contributed by atoms with Crippen LogP contribution in [0.5, 0.6) is 0 Å². The Morgan fingerprint density at radius 1 is 1.15 bits per heavy atom. The number of nitrogens with zero attached hydrogens (tertiary/aromatic N) is 2. The topological polar surface area (TPSA) is 68.0 Å². The number of thioether (sulfide) groups is 1. The molecular weight excluding hydrogens is 393 g/mol. The molecule has 0 unspecified atom stereocenters. The molecule has 26 heavy (non-hydrogen) atoms. The van der Waals surface area contributed by atoms with Crippen molar-refractivity contribution in [3.63, 3.8) is 0 Å². The number of halogens is 2. The Bertz CT molecular complexity index is 946. The summed E-state index contributed by atoms with van der Waals surface area (Å²) in [6.45, 7) is 3.67. The van der Waals surface area contributed by atoms with E-state index in [-0.39, 0.29) is 5.91 Å². The largest absolute Gasteiger partial charge is 0.411 e. The second-order valence-corrected chi connectivity index (χ2v) is 7.76. The maximum Gasteiger partial charge on any atom is 0.277 e. The van der Waals surface area contributed by atoms with E-state index in [0.717, 1.165) is 11.1 Å². The second kappa shape index (κ2) is 8.12. The Labute approximate surface area is 165 Å². The summed E-state index contributed by atoms with van der Waals surface area (Å²) in [5.41, 5.74) is 2.34. The molecule has 1 atom stereocenters. The maximum atomic E-state index is 12.4. The number of rotatable bonds is 5. The monoisotopic (exact) mass is 407 g/mol. The molecule has 1 aromatic heterocycles. The second-order valence-electron chi connectivity index (χ2n) is 5.59. The minimum absolute atomic E-state index is 0.178. The predicted molar refractivity (Wildman–Crippen MR) is 105 cm³/mol. The van der Waals surface area contributed by atoms with Gasteiger partial charge in [0.2, 0.25) is 11.8 Å². The van der Waals surface area contributed by atoms with Crippen molar-refractivity contribution in [2.75, 3.05) is 5.32 Å². The summed E-state index contributed by atoms with van der Waals surface area (Å²) in [6, 6.07) is 12.5.